The lowest BCUT2D eigenvalue weighted by Gasteiger charge is -2.44. The maximum atomic E-state index is 14.4. The number of ether oxygens (including phenoxy) is 1. The summed E-state index contributed by atoms with van der Waals surface area (Å²) in [6, 6.07) is 3.04. The predicted molar refractivity (Wildman–Crippen MR) is 149 cm³/mol. The van der Waals surface area contributed by atoms with Gasteiger partial charge in [0.05, 0.1) is 35.0 Å². The minimum absolute atomic E-state index is 0.0882. The second-order valence-electron chi connectivity index (χ2n) is 10.5. The zero-order valence-corrected chi connectivity index (χ0v) is 24.0. The fourth-order valence-electron chi connectivity index (χ4n) is 5.80. The van der Waals surface area contributed by atoms with E-state index in [1.54, 1.807) is 22.8 Å². The fourth-order valence-corrected chi connectivity index (χ4v) is 8.44. The number of halogens is 4. The number of thiol groups is 1. The molecule has 2 aromatic heterocycles. The van der Waals surface area contributed by atoms with Crippen molar-refractivity contribution in [3.8, 4) is 0 Å². The molecule has 2 aliphatic heterocycles. The highest BCUT2D eigenvalue weighted by Gasteiger charge is 2.38. The first-order valence-electron chi connectivity index (χ1n) is 13.1. The molecule has 1 fully saturated rings. The van der Waals surface area contributed by atoms with E-state index < -0.39 is 40.2 Å². The first-order valence-corrected chi connectivity index (χ1v) is 14.6. The number of methoxy groups -OCH3 is 1. The molecule has 1 unspecified atom stereocenters. The van der Waals surface area contributed by atoms with E-state index in [0.29, 0.717) is 21.0 Å². The molecule has 0 N–H and O–H groups in total. The van der Waals surface area contributed by atoms with Crippen LogP contribution in [-0.2, 0) is 22.3 Å². The van der Waals surface area contributed by atoms with Gasteiger partial charge in [0.2, 0.25) is 5.91 Å². The molecular formula is C28H31F4N5O3S. The average molecular weight is 594 g/mol. The van der Waals surface area contributed by atoms with Gasteiger partial charge in [0.1, 0.15) is 11.6 Å². The molecule has 1 saturated heterocycles. The first-order chi connectivity index (χ1) is 19.3. The molecule has 5 rings (SSSR count). The van der Waals surface area contributed by atoms with E-state index in [-0.39, 0.29) is 54.6 Å². The zero-order valence-electron chi connectivity index (χ0n) is 23.1. The van der Waals surface area contributed by atoms with Gasteiger partial charge < -0.3 is 14.5 Å². The summed E-state index contributed by atoms with van der Waals surface area (Å²) in [5, 5.41) is 0.625. The Hall–Kier alpha value is -3.45. The van der Waals surface area contributed by atoms with Gasteiger partial charge in [0.15, 0.2) is 0 Å². The molecule has 2 aliphatic rings. The van der Waals surface area contributed by atoms with Crippen LogP contribution in [0.5, 0.6) is 0 Å². The monoisotopic (exact) mass is 593 g/mol. The van der Waals surface area contributed by atoms with Crippen LogP contribution in [0, 0.1) is 12.7 Å². The maximum Gasteiger partial charge on any atom is 0.416 e. The molecule has 4 heterocycles. The summed E-state index contributed by atoms with van der Waals surface area (Å²) >= 11 is 0. The Labute approximate surface area is 237 Å². The van der Waals surface area contributed by atoms with Crippen LogP contribution in [0.4, 0.5) is 23.4 Å². The molecule has 41 heavy (non-hydrogen) atoms. The topological polar surface area (TPSA) is 80.6 Å². The van der Waals surface area contributed by atoms with Crippen molar-refractivity contribution in [2.75, 3.05) is 30.9 Å². The molecule has 1 aromatic carbocycles. The number of piperazine rings is 1. The normalized spacial score (nSPS) is 23.9. The molecule has 1 amide bonds. The smallest absolute Gasteiger partial charge is 0.379 e. The second kappa shape index (κ2) is 10.8. The lowest BCUT2D eigenvalue weighted by atomic mass is 10.1. The van der Waals surface area contributed by atoms with Crippen LogP contribution in [-0.4, -0.2) is 69.5 Å². The summed E-state index contributed by atoms with van der Waals surface area (Å²) in [6.45, 7) is 9.41. The summed E-state index contributed by atoms with van der Waals surface area (Å²) in [6.07, 6.45) is -2.90. The maximum absolute atomic E-state index is 14.4. The van der Waals surface area contributed by atoms with Gasteiger partial charge in [-0.15, -0.1) is 0 Å². The van der Waals surface area contributed by atoms with Crippen molar-refractivity contribution < 1.29 is 27.1 Å². The van der Waals surface area contributed by atoms with Gasteiger partial charge in [-0.3, -0.25) is 9.36 Å². The lowest BCUT2D eigenvalue weighted by molar-refractivity contribution is -0.137. The van der Waals surface area contributed by atoms with Crippen molar-refractivity contribution in [1.29, 1.82) is 0 Å². The summed E-state index contributed by atoms with van der Waals surface area (Å²) in [5.74, 6) is -0.347. The Balaban J connectivity index is 1.78. The van der Waals surface area contributed by atoms with E-state index in [1.807, 2.05) is 13.8 Å². The number of amides is 1. The largest absolute Gasteiger partial charge is 0.416 e. The SMILES string of the molecule is C=CC(=O)N1[C@H](C)CN(c2nc(=O)n3c4c(cc(C(F)(F)F)cc24)[SH](c2cc(C)c(F)cn2)C[C@@H](OC)C3)C[C@@H]1C. The summed E-state index contributed by atoms with van der Waals surface area (Å²) in [7, 11) is -0.105. The number of carbonyl (C=O) groups excluding carboxylic acids is 1. The van der Waals surface area contributed by atoms with Crippen LogP contribution >= 0.6 is 10.9 Å². The Morgan fingerprint density at radius 1 is 1.17 bits per heavy atom. The minimum atomic E-state index is -4.68. The van der Waals surface area contributed by atoms with E-state index >= 15 is 0 Å². The van der Waals surface area contributed by atoms with Gasteiger partial charge in [0, 0.05) is 48.3 Å². The van der Waals surface area contributed by atoms with Crippen LogP contribution in [0.3, 0.4) is 0 Å². The van der Waals surface area contributed by atoms with Crippen LogP contribution in [0.25, 0.3) is 10.9 Å². The van der Waals surface area contributed by atoms with Crippen molar-refractivity contribution >= 4 is 33.5 Å². The van der Waals surface area contributed by atoms with Crippen LogP contribution in [0.1, 0.15) is 25.0 Å². The molecular weight excluding hydrogens is 562 g/mol. The van der Waals surface area contributed by atoms with Gasteiger partial charge in [-0.2, -0.15) is 29.1 Å². The summed E-state index contributed by atoms with van der Waals surface area (Å²) in [5.41, 5.74) is -0.827. The molecule has 0 aliphatic carbocycles. The van der Waals surface area contributed by atoms with Crippen LogP contribution < -0.4 is 10.6 Å². The number of nitrogens with zero attached hydrogens (tertiary/aromatic N) is 5. The van der Waals surface area contributed by atoms with E-state index in [2.05, 4.69) is 16.5 Å². The van der Waals surface area contributed by atoms with Gasteiger partial charge in [-0.25, -0.2) is 14.2 Å². The third kappa shape index (κ3) is 5.21. The summed E-state index contributed by atoms with van der Waals surface area (Å²) in [4.78, 5) is 38.3. The third-order valence-corrected chi connectivity index (χ3v) is 10.2. The highest BCUT2D eigenvalue weighted by Crippen LogP contribution is 2.51. The number of rotatable bonds is 4. The lowest BCUT2D eigenvalue weighted by Crippen LogP contribution is -2.58. The minimum Gasteiger partial charge on any atom is -0.379 e. The summed E-state index contributed by atoms with van der Waals surface area (Å²) < 4.78 is 64.3. The number of hydrogen-bond donors (Lipinski definition) is 1. The number of anilines is 1. The molecule has 0 bridgehead atoms. The van der Waals surface area contributed by atoms with Crippen molar-refractivity contribution in [3.05, 3.63) is 64.5 Å². The van der Waals surface area contributed by atoms with Crippen molar-refractivity contribution in [2.24, 2.45) is 0 Å². The van der Waals surface area contributed by atoms with Gasteiger partial charge in [-0.05, 0) is 50.6 Å². The van der Waals surface area contributed by atoms with E-state index in [1.165, 1.54) is 17.8 Å². The Morgan fingerprint density at radius 3 is 2.44 bits per heavy atom. The van der Waals surface area contributed by atoms with Gasteiger partial charge >= 0.3 is 11.9 Å². The number of benzene rings is 1. The Kier molecular flexibility index (Phi) is 7.62. The number of pyridine rings is 1. The highest BCUT2D eigenvalue weighted by molar-refractivity contribution is 8.17. The Morgan fingerprint density at radius 2 is 1.85 bits per heavy atom. The average Bonchev–Trinajstić information content (AvgIpc) is 3.09. The molecule has 8 nitrogen and oxygen atoms in total. The molecule has 4 atom stereocenters. The van der Waals surface area contributed by atoms with Crippen LogP contribution in [0.2, 0.25) is 0 Å². The standard InChI is InChI=1S/C28H31F4N5O3S/c1-6-24(38)37-16(3)11-35(12-17(37)4)26-20-8-18(28(30,31)32)9-22-25(20)36(27(39)34-26)13-19(40-5)14-41(22)23-7-15(2)21(29)10-33-23/h6-10,16-17,19,41H,1,11-14H2,2-5H3/t16-,17+,19-/m0/s1. The highest BCUT2D eigenvalue weighted by atomic mass is 32.2. The van der Waals surface area contributed by atoms with Gasteiger partial charge in [0.25, 0.3) is 0 Å². The molecule has 0 radical (unpaired) electrons. The van der Waals surface area contributed by atoms with E-state index in [9.17, 15) is 27.2 Å². The zero-order chi connectivity index (χ0) is 29.8. The Bertz CT molecular complexity index is 1580. The molecule has 0 spiro atoms. The van der Waals surface area contributed by atoms with E-state index in [4.69, 9.17) is 4.74 Å². The predicted octanol–water partition coefficient (Wildman–Crippen LogP) is 4.32. The second-order valence-corrected chi connectivity index (χ2v) is 12.7. The third-order valence-electron chi connectivity index (χ3n) is 7.71. The number of hydrogen-bond acceptors (Lipinski definition) is 6. The van der Waals surface area contributed by atoms with Gasteiger partial charge in [-0.1, -0.05) is 6.58 Å². The number of carbonyl (C=O) groups is 1. The number of alkyl halides is 3. The molecule has 13 heteroatoms. The molecule has 3 aromatic rings. The van der Waals surface area contributed by atoms with Crippen LogP contribution in [0.15, 0.2) is 51.8 Å². The van der Waals surface area contributed by atoms with Crippen molar-refractivity contribution in [1.82, 2.24) is 19.4 Å². The number of aryl methyl sites for hydroxylation is 1. The van der Waals surface area contributed by atoms with Crippen molar-refractivity contribution in [3.63, 3.8) is 0 Å². The molecule has 0 saturated carbocycles. The fraction of sp³-hybridized carbons (Fsp3) is 0.429. The first kappa shape index (κ1) is 29.1. The van der Waals surface area contributed by atoms with E-state index in [0.717, 1.165) is 18.3 Å². The quantitative estimate of drug-likeness (QED) is 0.276. The number of aromatic nitrogens is 3. The van der Waals surface area contributed by atoms with Crippen molar-refractivity contribution in [2.45, 2.75) is 61.6 Å². The molecule has 220 valence electrons.